The second kappa shape index (κ2) is 7.14. The Kier molecular flexibility index (Phi) is 5.48. The number of carbonyl (C=O) groups is 1. The van der Waals surface area contributed by atoms with Gasteiger partial charge >= 0.3 is 0 Å². The van der Waals surface area contributed by atoms with Crippen LogP contribution in [-0.4, -0.2) is 21.3 Å². The van der Waals surface area contributed by atoms with Crippen LogP contribution in [0.15, 0.2) is 29.2 Å². The van der Waals surface area contributed by atoms with Gasteiger partial charge in [-0.1, -0.05) is 36.2 Å². The van der Waals surface area contributed by atoms with Gasteiger partial charge in [0.15, 0.2) is 0 Å². The largest absolute Gasteiger partial charge is 0.298 e. The summed E-state index contributed by atoms with van der Waals surface area (Å²) in [6.45, 7) is 4.06. The number of aryl methyl sites for hydroxylation is 3. The molecule has 0 N–H and O–H groups in total. The van der Waals surface area contributed by atoms with Gasteiger partial charge < -0.3 is 0 Å². The van der Waals surface area contributed by atoms with Crippen molar-refractivity contribution in [3.8, 4) is 0 Å². The van der Waals surface area contributed by atoms with Gasteiger partial charge in [0.25, 0.3) is 0 Å². The van der Waals surface area contributed by atoms with Crippen molar-refractivity contribution in [1.82, 2.24) is 9.78 Å². The molecule has 0 unspecified atom stereocenters. The number of thioether (sulfide) groups is 1. The van der Waals surface area contributed by atoms with E-state index in [0.29, 0.717) is 17.2 Å². The van der Waals surface area contributed by atoms with E-state index in [1.807, 2.05) is 39.1 Å². The molecule has 1 aromatic heterocycles. The zero-order chi connectivity index (χ0) is 15.4. The summed E-state index contributed by atoms with van der Waals surface area (Å²) in [7, 11) is 1.83. The van der Waals surface area contributed by atoms with Crippen molar-refractivity contribution in [3.63, 3.8) is 0 Å². The highest BCUT2D eigenvalue weighted by Crippen LogP contribution is 2.23. The van der Waals surface area contributed by atoms with Gasteiger partial charge in [-0.25, -0.2) is 0 Å². The van der Waals surface area contributed by atoms with Gasteiger partial charge in [0.1, 0.15) is 5.78 Å². The Bertz CT molecular complexity index is 652. The van der Waals surface area contributed by atoms with Crippen LogP contribution in [0.3, 0.4) is 0 Å². The summed E-state index contributed by atoms with van der Waals surface area (Å²) in [6.07, 6.45) is 1.11. The van der Waals surface area contributed by atoms with Crippen LogP contribution < -0.4 is 0 Å². The summed E-state index contributed by atoms with van der Waals surface area (Å²) >= 11 is 7.83. The van der Waals surface area contributed by atoms with E-state index in [9.17, 15) is 4.79 Å². The van der Waals surface area contributed by atoms with E-state index in [2.05, 4.69) is 11.2 Å². The number of ketones is 1. The number of hydrogen-bond donors (Lipinski definition) is 0. The minimum atomic E-state index is 0.161. The van der Waals surface area contributed by atoms with Gasteiger partial charge in [0.05, 0.1) is 28.6 Å². The lowest BCUT2D eigenvalue weighted by Crippen LogP contribution is -2.10. The number of carbonyl (C=O) groups excluding carboxylic acids is 1. The minimum Gasteiger partial charge on any atom is -0.298 e. The lowest BCUT2D eigenvalue weighted by atomic mass is 10.2. The molecule has 0 aliphatic rings. The molecule has 112 valence electrons. The number of rotatable bonds is 6. The first-order chi connectivity index (χ1) is 10.0. The molecule has 0 atom stereocenters. The smallest absolute Gasteiger partial charge is 0.149 e. The number of Topliss-reactive ketones (excluding diaryl/α,β-unsaturated/α-hetero) is 1. The van der Waals surface area contributed by atoms with Crippen LogP contribution in [0.1, 0.15) is 23.9 Å². The predicted molar refractivity (Wildman–Crippen MR) is 88.2 cm³/mol. The zero-order valence-corrected chi connectivity index (χ0v) is 14.1. The molecule has 0 spiro atoms. The Balaban J connectivity index is 1.98. The Labute approximate surface area is 134 Å². The summed E-state index contributed by atoms with van der Waals surface area (Å²) < 4.78 is 1.72. The Morgan fingerprint density at radius 1 is 1.43 bits per heavy atom. The highest BCUT2D eigenvalue weighted by Gasteiger charge is 2.16. The van der Waals surface area contributed by atoms with Crippen molar-refractivity contribution in [1.29, 1.82) is 0 Å². The maximum absolute atomic E-state index is 12.2. The SMILES string of the molecule is CCc1nn(C)c(CC(=O)CSc2cccc(C)c2)c1Cl. The van der Waals surface area contributed by atoms with Gasteiger partial charge in [-0.3, -0.25) is 9.48 Å². The molecule has 0 amide bonds. The Hall–Kier alpha value is -1.26. The average Bonchev–Trinajstić information content (AvgIpc) is 2.72. The molecular formula is C16H19ClN2OS. The maximum atomic E-state index is 12.2. The van der Waals surface area contributed by atoms with E-state index in [-0.39, 0.29) is 5.78 Å². The fraction of sp³-hybridized carbons (Fsp3) is 0.375. The molecule has 21 heavy (non-hydrogen) atoms. The van der Waals surface area contributed by atoms with Gasteiger partial charge in [0, 0.05) is 11.9 Å². The van der Waals surface area contributed by atoms with Gasteiger partial charge in [-0.15, -0.1) is 11.8 Å². The molecule has 0 radical (unpaired) electrons. The molecular weight excluding hydrogens is 304 g/mol. The standard InChI is InChI=1S/C16H19ClN2OS/c1-4-14-16(17)15(19(3)18-14)9-12(20)10-21-13-7-5-6-11(2)8-13/h5-8H,4,9-10H2,1-3H3. The topological polar surface area (TPSA) is 34.9 Å². The van der Waals surface area contributed by atoms with Crippen LogP contribution in [0.4, 0.5) is 0 Å². The van der Waals surface area contributed by atoms with E-state index in [0.717, 1.165) is 22.7 Å². The van der Waals surface area contributed by atoms with Crippen LogP contribution in [0.5, 0.6) is 0 Å². The molecule has 3 nitrogen and oxygen atoms in total. The predicted octanol–water partition coefficient (Wildman–Crippen LogP) is 3.85. The molecule has 1 aromatic carbocycles. The van der Waals surface area contributed by atoms with E-state index in [1.165, 1.54) is 5.56 Å². The fourth-order valence-electron chi connectivity index (χ4n) is 2.12. The van der Waals surface area contributed by atoms with Crippen molar-refractivity contribution in [2.75, 3.05) is 5.75 Å². The summed E-state index contributed by atoms with van der Waals surface area (Å²) in [5, 5.41) is 4.97. The van der Waals surface area contributed by atoms with E-state index in [1.54, 1.807) is 16.4 Å². The quantitative estimate of drug-likeness (QED) is 0.758. The molecule has 0 bridgehead atoms. The minimum absolute atomic E-state index is 0.161. The van der Waals surface area contributed by atoms with Crippen molar-refractivity contribution in [3.05, 3.63) is 46.2 Å². The second-order valence-corrected chi connectivity index (χ2v) is 6.43. The zero-order valence-electron chi connectivity index (χ0n) is 12.5. The summed E-state index contributed by atoms with van der Waals surface area (Å²) in [6, 6.07) is 8.17. The average molecular weight is 323 g/mol. The lowest BCUT2D eigenvalue weighted by Gasteiger charge is -2.04. The normalized spacial score (nSPS) is 10.9. The first-order valence-corrected chi connectivity index (χ1v) is 8.29. The molecule has 2 rings (SSSR count). The molecule has 2 aromatic rings. The Morgan fingerprint density at radius 3 is 2.81 bits per heavy atom. The Morgan fingerprint density at radius 2 is 2.19 bits per heavy atom. The first kappa shape index (κ1) is 16.1. The molecule has 0 saturated heterocycles. The number of hydrogen-bond acceptors (Lipinski definition) is 3. The summed E-state index contributed by atoms with van der Waals surface area (Å²) in [4.78, 5) is 13.3. The summed E-state index contributed by atoms with van der Waals surface area (Å²) in [5.41, 5.74) is 2.87. The monoisotopic (exact) mass is 322 g/mol. The molecule has 0 aliphatic heterocycles. The molecule has 0 saturated carbocycles. The van der Waals surface area contributed by atoms with Gasteiger partial charge in [-0.2, -0.15) is 5.10 Å². The number of nitrogens with zero attached hydrogens (tertiary/aromatic N) is 2. The third kappa shape index (κ3) is 4.11. The van der Waals surface area contributed by atoms with Crippen LogP contribution in [-0.2, 0) is 24.7 Å². The van der Waals surface area contributed by atoms with Crippen LogP contribution in [0.2, 0.25) is 5.02 Å². The van der Waals surface area contributed by atoms with Crippen molar-refractivity contribution in [2.45, 2.75) is 31.6 Å². The molecule has 1 heterocycles. The van der Waals surface area contributed by atoms with Crippen LogP contribution >= 0.6 is 23.4 Å². The van der Waals surface area contributed by atoms with Crippen molar-refractivity contribution in [2.24, 2.45) is 7.05 Å². The maximum Gasteiger partial charge on any atom is 0.149 e. The number of halogens is 1. The third-order valence-corrected chi connectivity index (χ3v) is 4.75. The number of benzene rings is 1. The van der Waals surface area contributed by atoms with E-state index in [4.69, 9.17) is 11.6 Å². The van der Waals surface area contributed by atoms with Crippen LogP contribution in [0.25, 0.3) is 0 Å². The van der Waals surface area contributed by atoms with Crippen molar-refractivity contribution >= 4 is 29.1 Å². The lowest BCUT2D eigenvalue weighted by molar-refractivity contribution is -0.116. The van der Waals surface area contributed by atoms with Crippen LogP contribution in [0, 0.1) is 6.92 Å². The number of aromatic nitrogens is 2. The highest BCUT2D eigenvalue weighted by atomic mass is 35.5. The van der Waals surface area contributed by atoms with Crippen molar-refractivity contribution < 1.29 is 4.79 Å². The fourth-order valence-corrected chi connectivity index (χ4v) is 3.35. The molecule has 0 aliphatic carbocycles. The van der Waals surface area contributed by atoms with E-state index < -0.39 is 0 Å². The molecule has 0 fully saturated rings. The van der Waals surface area contributed by atoms with Gasteiger partial charge in [-0.05, 0) is 25.5 Å². The molecule has 5 heteroatoms. The van der Waals surface area contributed by atoms with Gasteiger partial charge in [0.2, 0.25) is 0 Å². The summed E-state index contributed by atoms with van der Waals surface area (Å²) in [5.74, 6) is 0.612. The first-order valence-electron chi connectivity index (χ1n) is 6.92. The third-order valence-electron chi connectivity index (χ3n) is 3.26. The second-order valence-electron chi connectivity index (χ2n) is 5.01. The highest BCUT2D eigenvalue weighted by molar-refractivity contribution is 8.00. The van der Waals surface area contributed by atoms with E-state index >= 15 is 0 Å².